The summed E-state index contributed by atoms with van der Waals surface area (Å²) in [6, 6.07) is 7.75. The lowest BCUT2D eigenvalue weighted by Crippen LogP contribution is -2.16. The number of hydrogen-bond donors (Lipinski definition) is 2. The van der Waals surface area contributed by atoms with Crippen LogP contribution in [0, 0.1) is 0 Å². The molecule has 0 saturated heterocycles. The molecule has 0 aliphatic rings. The van der Waals surface area contributed by atoms with Crippen molar-refractivity contribution in [3.05, 3.63) is 42.2 Å². The first-order chi connectivity index (χ1) is 11.0. The Morgan fingerprint density at radius 3 is 2.61 bits per heavy atom. The van der Waals surface area contributed by atoms with E-state index >= 15 is 0 Å². The van der Waals surface area contributed by atoms with Crippen LogP contribution in [0.5, 0.6) is 0 Å². The van der Waals surface area contributed by atoms with Gasteiger partial charge >= 0.3 is 5.97 Å². The number of fused-ring (bicyclic) bond motifs is 1. The second kappa shape index (κ2) is 5.72. The predicted octanol–water partition coefficient (Wildman–Crippen LogP) is 2.88. The minimum absolute atomic E-state index is 0.590. The smallest absolute Gasteiger partial charge is 0.310 e. The molecule has 6 heteroatoms. The van der Waals surface area contributed by atoms with Gasteiger partial charge in [-0.2, -0.15) is 0 Å². The highest BCUT2D eigenvalue weighted by Gasteiger charge is 2.19. The van der Waals surface area contributed by atoms with Gasteiger partial charge in [-0.15, -0.1) is 0 Å². The molecule has 3 rings (SSSR count). The molecule has 0 radical (unpaired) electrons. The lowest BCUT2D eigenvalue weighted by molar-refractivity contribution is -0.138. The number of aromatic amines is 1. The van der Waals surface area contributed by atoms with Gasteiger partial charge < -0.3 is 15.0 Å². The highest BCUT2D eigenvalue weighted by atomic mass is 16.4. The molecule has 0 aliphatic carbocycles. The van der Waals surface area contributed by atoms with Gasteiger partial charge in [-0.05, 0) is 36.2 Å². The van der Waals surface area contributed by atoms with Crippen molar-refractivity contribution in [3.8, 4) is 11.3 Å². The Morgan fingerprint density at radius 1 is 1.22 bits per heavy atom. The monoisotopic (exact) mass is 310 g/mol. The number of aromatic nitrogens is 3. The van der Waals surface area contributed by atoms with Gasteiger partial charge in [0, 0.05) is 37.9 Å². The van der Waals surface area contributed by atoms with Crippen LogP contribution in [0.25, 0.3) is 22.4 Å². The van der Waals surface area contributed by atoms with Crippen LogP contribution in [-0.2, 0) is 4.79 Å². The van der Waals surface area contributed by atoms with Crippen molar-refractivity contribution in [2.75, 3.05) is 19.0 Å². The average molecular weight is 310 g/mol. The van der Waals surface area contributed by atoms with Crippen molar-refractivity contribution < 1.29 is 9.90 Å². The Balaban J connectivity index is 2.13. The highest BCUT2D eigenvalue weighted by molar-refractivity contribution is 5.83. The summed E-state index contributed by atoms with van der Waals surface area (Å²) in [7, 11) is 3.81. The first kappa shape index (κ1) is 15.0. The normalized spacial score (nSPS) is 12.3. The number of carbonyl (C=O) groups is 1. The summed E-state index contributed by atoms with van der Waals surface area (Å²) in [5.41, 5.74) is 4.96. The first-order valence-corrected chi connectivity index (χ1v) is 7.31. The van der Waals surface area contributed by atoms with E-state index in [1.807, 2.05) is 43.3 Å². The Morgan fingerprint density at radius 2 is 1.96 bits per heavy atom. The van der Waals surface area contributed by atoms with E-state index in [1.165, 1.54) is 0 Å². The van der Waals surface area contributed by atoms with Crippen LogP contribution in [0.2, 0.25) is 0 Å². The topological polar surface area (TPSA) is 82.1 Å². The quantitative estimate of drug-likeness (QED) is 0.774. The Kier molecular flexibility index (Phi) is 3.73. The number of benzene rings is 1. The SMILES string of the molecule is CC(C(=O)O)c1cc(-c2cc3nccnc3[nH]2)ccc1N(C)C. The molecule has 0 bridgehead atoms. The number of nitrogens with one attached hydrogen (secondary N) is 1. The predicted molar refractivity (Wildman–Crippen MR) is 89.7 cm³/mol. The molecule has 6 nitrogen and oxygen atoms in total. The summed E-state index contributed by atoms with van der Waals surface area (Å²) in [4.78, 5) is 25.1. The van der Waals surface area contributed by atoms with E-state index in [2.05, 4.69) is 15.0 Å². The summed E-state index contributed by atoms with van der Waals surface area (Å²) < 4.78 is 0. The van der Waals surface area contributed by atoms with Crippen molar-refractivity contribution in [1.82, 2.24) is 15.0 Å². The molecule has 0 aliphatic heterocycles. The van der Waals surface area contributed by atoms with Gasteiger partial charge in [-0.25, -0.2) is 4.98 Å². The second-order valence-corrected chi connectivity index (χ2v) is 5.70. The molecule has 23 heavy (non-hydrogen) atoms. The Bertz CT molecular complexity index is 837. The molecule has 2 N–H and O–H groups in total. The van der Waals surface area contributed by atoms with Crippen molar-refractivity contribution in [2.24, 2.45) is 0 Å². The minimum Gasteiger partial charge on any atom is -0.481 e. The van der Waals surface area contributed by atoms with E-state index in [-0.39, 0.29) is 0 Å². The van der Waals surface area contributed by atoms with Crippen LogP contribution in [0.3, 0.4) is 0 Å². The zero-order chi connectivity index (χ0) is 16.6. The number of aliphatic carboxylic acids is 1. The molecule has 1 atom stereocenters. The van der Waals surface area contributed by atoms with E-state index in [0.29, 0.717) is 5.65 Å². The average Bonchev–Trinajstić information content (AvgIpc) is 2.97. The van der Waals surface area contributed by atoms with E-state index in [4.69, 9.17) is 0 Å². The molecule has 0 amide bonds. The van der Waals surface area contributed by atoms with Gasteiger partial charge in [0.25, 0.3) is 0 Å². The Hall–Kier alpha value is -2.89. The molecule has 118 valence electrons. The summed E-state index contributed by atoms with van der Waals surface area (Å²) in [5, 5.41) is 9.37. The fourth-order valence-corrected chi connectivity index (χ4v) is 2.62. The van der Waals surface area contributed by atoms with Crippen LogP contribution >= 0.6 is 0 Å². The van der Waals surface area contributed by atoms with Crippen molar-refractivity contribution in [1.29, 1.82) is 0 Å². The molecule has 2 aromatic heterocycles. The molecule has 0 saturated carbocycles. The summed E-state index contributed by atoms with van der Waals surface area (Å²) in [6.45, 7) is 1.70. The second-order valence-electron chi connectivity index (χ2n) is 5.70. The molecule has 3 aromatic rings. The van der Waals surface area contributed by atoms with Gasteiger partial charge in [0.1, 0.15) is 5.52 Å². The molecule has 0 fully saturated rings. The zero-order valence-corrected chi connectivity index (χ0v) is 13.2. The largest absolute Gasteiger partial charge is 0.481 e. The molecular formula is C17H18N4O2. The molecule has 1 unspecified atom stereocenters. The number of carboxylic acid groups (broad SMARTS) is 1. The number of anilines is 1. The Labute approximate surface area is 133 Å². The lowest BCUT2D eigenvalue weighted by Gasteiger charge is -2.20. The van der Waals surface area contributed by atoms with Gasteiger partial charge in [0.2, 0.25) is 0 Å². The number of hydrogen-bond acceptors (Lipinski definition) is 4. The maximum Gasteiger partial charge on any atom is 0.310 e. The summed E-state index contributed by atoms with van der Waals surface area (Å²) >= 11 is 0. The van der Waals surface area contributed by atoms with Gasteiger partial charge in [0.15, 0.2) is 5.65 Å². The van der Waals surface area contributed by atoms with E-state index < -0.39 is 11.9 Å². The minimum atomic E-state index is -0.842. The van der Waals surface area contributed by atoms with E-state index in [0.717, 1.165) is 28.0 Å². The highest BCUT2D eigenvalue weighted by Crippen LogP contribution is 2.32. The van der Waals surface area contributed by atoms with Gasteiger partial charge in [-0.1, -0.05) is 6.07 Å². The van der Waals surface area contributed by atoms with Crippen LogP contribution in [0.15, 0.2) is 36.7 Å². The third-order valence-electron chi connectivity index (χ3n) is 3.92. The fraction of sp³-hybridized carbons (Fsp3) is 0.235. The van der Waals surface area contributed by atoms with Crippen LogP contribution in [0.1, 0.15) is 18.4 Å². The molecule has 0 spiro atoms. The van der Waals surface area contributed by atoms with Crippen molar-refractivity contribution >= 4 is 22.8 Å². The summed E-state index contributed by atoms with van der Waals surface area (Å²) in [5.74, 6) is -1.43. The van der Waals surface area contributed by atoms with Crippen molar-refractivity contribution in [3.63, 3.8) is 0 Å². The number of H-pyrrole nitrogens is 1. The number of carboxylic acids is 1. The maximum absolute atomic E-state index is 11.4. The van der Waals surface area contributed by atoms with Crippen LogP contribution in [-0.4, -0.2) is 40.1 Å². The maximum atomic E-state index is 11.4. The van der Waals surface area contributed by atoms with Gasteiger partial charge in [-0.3, -0.25) is 9.78 Å². The standard InChI is InChI=1S/C17H18N4O2/c1-10(17(22)23)12-8-11(4-5-15(12)21(2)3)13-9-14-16(20-13)19-7-6-18-14/h4-10H,1-3H3,(H,19,20)(H,22,23). The van der Waals surface area contributed by atoms with Crippen LogP contribution in [0.4, 0.5) is 5.69 Å². The van der Waals surface area contributed by atoms with E-state index in [1.54, 1.807) is 19.3 Å². The third kappa shape index (κ3) is 2.75. The van der Waals surface area contributed by atoms with Crippen LogP contribution < -0.4 is 4.90 Å². The fourth-order valence-electron chi connectivity index (χ4n) is 2.62. The number of rotatable bonds is 4. The van der Waals surface area contributed by atoms with Gasteiger partial charge in [0.05, 0.1) is 5.92 Å². The first-order valence-electron chi connectivity index (χ1n) is 7.31. The lowest BCUT2D eigenvalue weighted by atomic mass is 9.95. The third-order valence-corrected chi connectivity index (χ3v) is 3.92. The molecule has 1 aromatic carbocycles. The van der Waals surface area contributed by atoms with Crippen molar-refractivity contribution in [2.45, 2.75) is 12.8 Å². The van der Waals surface area contributed by atoms with E-state index in [9.17, 15) is 9.90 Å². The number of nitrogens with zero attached hydrogens (tertiary/aromatic N) is 3. The summed E-state index contributed by atoms with van der Waals surface area (Å²) in [6.07, 6.45) is 3.28. The molecular weight excluding hydrogens is 292 g/mol. The zero-order valence-electron chi connectivity index (χ0n) is 13.2. The molecule has 2 heterocycles.